The Hall–Kier alpha value is -0.870. The standard InChI is InChI=1S/C17H27NO2S/c1-12-6-7-13(2)15(10-12)21(19,20)16-11-17(3,4)9-8-14(16)18-5/h6-7,10,14,16,18H,8-9,11H2,1-5H3. The molecule has 1 saturated carbocycles. The number of hydrogen-bond acceptors (Lipinski definition) is 3. The van der Waals surface area contributed by atoms with E-state index < -0.39 is 9.84 Å². The molecule has 0 radical (unpaired) electrons. The summed E-state index contributed by atoms with van der Waals surface area (Å²) in [6.07, 6.45) is 2.70. The van der Waals surface area contributed by atoms with Crippen LogP contribution in [0.5, 0.6) is 0 Å². The summed E-state index contributed by atoms with van der Waals surface area (Å²) in [4.78, 5) is 0.505. The molecule has 1 aliphatic carbocycles. The van der Waals surface area contributed by atoms with Crippen molar-refractivity contribution < 1.29 is 8.42 Å². The first-order chi connectivity index (χ1) is 9.67. The first-order valence-electron chi connectivity index (χ1n) is 7.66. The first kappa shape index (κ1) is 16.5. The molecule has 1 fully saturated rings. The molecule has 0 amide bonds. The highest BCUT2D eigenvalue weighted by molar-refractivity contribution is 7.92. The van der Waals surface area contributed by atoms with E-state index in [2.05, 4.69) is 19.2 Å². The van der Waals surface area contributed by atoms with Crippen LogP contribution in [0.4, 0.5) is 0 Å². The second-order valence-electron chi connectivity index (χ2n) is 7.15. The van der Waals surface area contributed by atoms with Crippen LogP contribution in [0.2, 0.25) is 0 Å². The number of hydrogen-bond donors (Lipinski definition) is 1. The fourth-order valence-corrected chi connectivity index (χ4v) is 5.92. The molecule has 2 unspecified atom stereocenters. The van der Waals surface area contributed by atoms with E-state index in [-0.39, 0.29) is 16.7 Å². The van der Waals surface area contributed by atoms with E-state index in [4.69, 9.17) is 0 Å². The number of aryl methyl sites for hydroxylation is 2. The third kappa shape index (κ3) is 3.32. The minimum Gasteiger partial charge on any atom is -0.316 e. The molecular weight excluding hydrogens is 282 g/mol. The number of nitrogens with one attached hydrogen (secondary N) is 1. The second-order valence-corrected chi connectivity index (χ2v) is 9.29. The maximum absolute atomic E-state index is 13.2. The van der Waals surface area contributed by atoms with E-state index in [1.807, 2.05) is 39.1 Å². The van der Waals surface area contributed by atoms with Crippen LogP contribution in [0, 0.1) is 19.3 Å². The van der Waals surface area contributed by atoms with Crippen LogP contribution in [0.3, 0.4) is 0 Å². The van der Waals surface area contributed by atoms with Crippen molar-refractivity contribution in [1.82, 2.24) is 5.32 Å². The smallest absolute Gasteiger partial charge is 0.183 e. The average molecular weight is 309 g/mol. The van der Waals surface area contributed by atoms with Gasteiger partial charge in [-0.25, -0.2) is 8.42 Å². The van der Waals surface area contributed by atoms with Gasteiger partial charge in [0.05, 0.1) is 10.1 Å². The molecule has 1 N–H and O–H groups in total. The third-order valence-electron chi connectivity index (χ3n) is 4.75. The lowest BCUT2D eigenvalue weighted by molar-refractivity contribution is 0.213. The number of benzene rings is 1. The molecule has 0 spiro atoms. The van der Waals surface area contributed by atoms with Gasteiger partial charge in [0.15, 0.2) is 9.84 Å². The summed E-state index contributed by atoms with van der Waals surface area (Å²) in [7, 11) is -1.44. The maximum Gasteiger partial charge on any atom is 0.183 e. The molecule has 3 nitrogen and oxygen atoms in total. The molecule has 1 aromatic carbocycles. The molecule has 0 heterocycles. The van der Waals surface area contributed by atoms with Gasteiger partial charge in [-0.15, -0.1) is 0 Å². The summed E-state index contributed by atoms with van der Waals surface area (Å²) in [6.45, 7) is 8.17. The van der Waals surface area contributed by atoms with Gasteiger partial charge in [0.2, 0.25) is 0 Å². The Kier molecular flexibility index (Phi) is 4.50. The van der Waals surface area contributed by atoms with Crippen molar-refractivity contribution in [3.8, 4) is 0 Å². The Labute approximate surface area is 129 Å². The van der Waals surface area contributed by atoms with Gasteiger partial charge in [-0.3, -0.25) is 0 Å². The minimum absolute atomic E-state index is 0.0444. The molecule has 0 saturated heterocycles. The highest BCUT2D eigenvalue weighted by Gasteiger charge is 2.42. The van der Waals surface area contributed by atoms with Crippen molar-refractivity contribution in [3.05, 3.63) is 29.3 Å². The van der Waals surface area contributed by atoms with Crippen LogP contribution in [-0.2, 0) is 9.84 Å². The lowest BCUT2D eigenvalue weighted by Crippen LogP contribution is -2.48. The molecule has 118 valence electrons. The summed E-state index contributed by atoms with van der Waals surface area (Å²) < 4.78 is 26.4. The van der Waals surface area contributed by atoms with E-state index in [0.29, 0.717) is 11.3 Å². The number of sulfone groups is 1. The number of rotatable bonds is 3. The summed E-state index contributed by atoms with van der Waals surface area (Å²) in [5.41, 5.74) is 1.93. The second kappa shape index (κ2) is 5.73. The average Bonchev–Trinajstić information content (AvgIpc) is 2.40. The van der Waals surface area contributed by atoms with Gasteiger partial charge < -0.3 is 5.32 Å². The zero-order chi connectivity index (χ0) is 15.8. The maximum atomic E-state index is 13.2. The Morgan fingerprint density at radius 3 is 2.52 bits per heavy atom. The van der Waals surface area contributed by atoms with Crippen molar-refractivity contribution >= 4 is 9.84 Å². The predicted octanol–water partition coefficient (Wildman–Crippen LogP) is 3.24. The monoisotopic (exact) mass is 309 g/mol. The van der Waals surface area contributed by atoms with Crippen LogP contribution >= 0.6 is 0 Å². The van der Waals surface area contributed by atoms with E-state index in [1.54, 1.807) is 0 Å². The fraction of sp³-hybridized carbons (Fsp3) is 0.647. The van der Waals surface area contributed by atoms with Crippen molar-refractivity contribution in [3.63, 3.8) is 0 Å². The lowest BCUT2D eigenvalue weighted by Gasteiger charge is -2.40. The topological polar surface area (TPSA) is 46.2 Å². The molecule has 1 aliphatic rings. The molecule has 2 rings (SSSR count). The predicted molar refractivity (Wildman–Crippen MR) is 87.4 cm³/mol. The summed E-state index contributed by atoms with van der Waals surface area (Å²) >= 11 is 0. The van der Waals surface area contributed by atoms with Crippen LogP contribution in [0.15, 0.2) is 23.1 Å². The lowest BCUT2D eigenvalue weighted by atomic mass is 9.75. The van der Waals surface area contributed by atoms with Crippen molar-refractivity contribution in [2.45, 2.75) is 63.1 Å². The van der Waals surface area contributed by atoms with Crippen LogP contribution in [-0.4, -0.2) is 26.8 Å². The zero-order valence-corrected chi connectivity index (χ0v) is 14.5. The quantitative estimate of drug-likeness (QED) is 0.932. The van der Waals surface area contributed by atoms with E-state index >= 15 is 0 Å². The zero-order valence-electron chi connectivity index (χ0n) is 13.7. The highest BCUT2D eigenvalue weighted by atomic mass is 32.2. The Morgan fingerprint density at radius 2 is 1.90 bits per heavy atom. The molecule has 1 aromatic rings. The van der Waals surface area contributed by atoms with Gasteiger partial charge in [-0.1, -0.05) is 26.0 Å². The molecular formula is C17H27NO2S. The van der Waals surface area contributed by atoms with Crippen LogP contribution < -0.4 is 5.32 Å². The van der Waals surface area contributed by atoms with Crippen molar-refractivity contribution in [1.29, 1.82) is 0 Å². The molecule has 21 heavy (non-hydrogen) atoms. The molecule has 0 aliphatic heterocycles. The van der Waals surface area contributed by atoms with Gasteiger partial charge in [0.1, 0.15) is 0 Å². The first-order valence-corrected chi connectivity index (χ1v) is 9.20. The van der Waals surface area contributed by atoms with Gasteiger partial charge in [-0.2, -0.15) is 0 Å². The molecule has 4 heteroatoms. The van der Waals surface area contributed by atoms with E-state index in [0.717, 1.165) is 24.0 Å². The Bertz CT molecular complexity index is 620. The minimum atomic E-state index is -3.31. The normalized spacial score (nSPS) is 25.8. The Balaban J connectivity index is 2.47. The summed E-state index contributed by atoms with van der Waals surface area (Å²) in [5.74, 6) is 0. The highest BCUT2D eigenvalue weighted by Crippen LogP contribution is 2.40. The SMILES string of the molecule is CNC1CCC(C)(C)CC1S(=O)(=O)c1cc(C)ccc1C. The van der Waals surface area contributed by atoms with Gasteiger partial charge >= 0.3 is 0 Å². The van der Waals surface area contributed by atoms with Crippen LogP contribution in [0.25, 0.3) is 0 Å². The summed E-state index contributed by atoms with van der Waals surface area (Å²) in [5, 5.41) is 2.88. The van der Waals surface area contributed by atoms with Gasteiger partial charge in [-0.05, 0) is 62.8 Å². The van der Waals surface area contributed by atoms with Crippen LogP contribution in [0.1, 0.15) is 44.2 Å². The summed E-state index contributed by atoms with van der Waals surface area (Å²) in [6, 6.07) is 5.74. The van der Waals surface area contributed by atoms with E-state index in [1.165, 1.54) is 0 Å². The Morgan fingerprint density at radius 1 is 1.24 bits per heavy atom. The molecule has 2 atom stereocenters. The van der Waals surface area contributed by atoms with Crippen molar-refractivity contribution in [2.75, 3.05) is 7.05 Å². The van der Waals surface area contributed by atoms with E-state index in [9.17, 15) is 8.42 Å². The molecule has 0 bridgehead atoms. The fourth-order valence-electron chi connectivity index (χ4n) is 3.35. The van der Waals surface area contributed by atoms with Gasteiger partial charge in [0, 0.05) is 6.04 Å². The van der Waals surface area contributed by atoms with Crippen molar-refractivity contribution in [2.24, 2.45) is 5.41 Å². The third-order valence-corrected chi connectivity index (χ3v) is 7.10. The molecule has 0 aromatic heterocycles. The van der Waals surface area contributed by atoms with Gasteiger partial charge in [0.25, 0.3) is 0 Å². The largest absolute Gasteiger partial charge is 0.316 e.